The van der Waals surface area contributed by atoms with Crippen molar-refractivity contribution in [2.24, 2.45) is 11.1 Å². The van der Waals surface area contributed by atoms with Crippen LogP contribution in [0.2, 0.25) is 0 Å². The molecule has 0 radical (unpaired) electrons. The third kappa shape index (κ3) is 7.17. The molecule has 1 aliphatic rings. The zero-order chi connectivity index (χ0) is 28.0. The molecular formula is C26H36N8O4. The maximum atomic E-state index is 12.0. The number of anilines is 3. The van der Waals surface area contributed by atoms with E-state index in [2.05, 4.69) is 32.4 Å². The summed E-state index contributed by atoms with van der Waals surface area (Å²) in [6.45, 7) is 12.8. The van der Waals surface area contributed by atoms with Crippen molar-refractivity contribution in [1.82, 2.24) is 25.0 Å². The highest BCUT2D eigenvalue weighted by atomic mass is 16.4. The molecule has 1 aromatic heterocycles. The van der Waals surface area contributed by atoms with Crippen LogP contribution in [0.25, 0.3) is 0 Å². The number of rotatable bonds is 9. The van der Waals surface area contributed by atoms with Crippen LogP contribution in [-0.2, 0) is 11.3 Å². The van der Waals surface area contributed by atoms with E-state index in [0.717, 1.165) is 18.4 Å². The second kappa shape index (κ2) is 11.9. The number of benzene rings is 1. The lowest BCUT2D eigenvalue weighted by Gasteiger charge is -2.36. The van der Waals surface area contributed by atoms with Crippen LogP contribution in [0.5, 0.6) is 0 Å². The Bertz CT molecular complexity index is 1180. The van der Waals surface area contributed by atoms with Gasteiger partial charge in [-0.15, -0.1) is 10.2 Å². The first-order valence-electron chi connectivity index (χ1n) is 12.5. The van der Waals surface area contributed by atoms with E-state index in [-0.39, 0.29) is 47.4 Å². The Morgan fingerprint density at radius 2 is 1.95 bits per heavy atom. The van der Waals surface area contributed by atoms with Gasteiger partial charge in [0.1, 0.15) is 0 Å². The summed E-state index contributed by atoms with van der Waals surface area (Å²) in [5, 5.41) is 23.9. The third-order valence-corrected chi connectivity index (χ3v) is 6.70. The van der Waals surface area contributed by atoms with Gasteiger partial charge in [-0.1, -0.05) is 39.5 Å². The highest BCUT2D eigenvalue weighted by Gasteiger charge is 2.29. The average Bonchev–Trinajstić information content (AvgIpc) is 2.86. The molecule has 0 spiro atoms. The van der Waals surface area contributed by atoms with Crippen LogP contribution in [-0.4, -0.2) is 73.2 Å². The van der Waals surface area contributed by atoms with Crippen molar-refractivity contribution in [3.05, 3.63) is 48.2 Å². The van der Waals surface area contributed by atoms with Crippen molar-refractivity contribution in [3.63, 3.8) is 0 Å². The number of nitrogens with two attached hydrogens (primary N) is 1. The van der Waals surface area contributed by atoms with Gasteiger partial charge in [-0.3, -0.25) is 9.59 Å². The van der Waals surface area contributed by atoms with E-state index in [0.29, 0.717) is 18.8 Å². The number of nitrogens with zero attached hydrogens (tertiary/aromatic N) is 5. The van der Waals surface area contributed by atoms with Crippen molar-refractivity contribution < 1.29 is 19.5 Å². The minimum atomic E-state index is -0.984. The van der Waals surface area contributed by atoms with Gasteiger partial charge >= 0.3 is 6.09 Å². The quantitative estimate of drug-likeness (QED) is 0.360. The summed E-state index contributed by atoms with van der Waals surface area (Å²) in [7, 11) is 0. The summed E-state index contributed by atoms with van der Waals surface area (Å²) in [5.41, 5.74) is 6.56. The predicted molar refractivity (Wildman–Crippen MR) is 144 cm³/mol. The molecule has 0 aliphatic carbocycles. The van der Waals surface area contributed by atoms with Gasteiger partial charge < -0.3 is 31.3 Å². The van der Waals surface area contributed by atoms with Crippen LogP contribution in [0.3, 0.4) is 0 Å². The normalized spacial score (nSPS) is 16.3. The molecule has 2 atom stereocenters. The first-order chi connectivity index (χ1) is 17.9. The molecule has 2 heterocycles. The fraction of sp³-hybridized carbons (Fsp3) is 0.462. The van der Waals surface area contributed by atoms with Gasteiger partial charge in [-0.05, 0) is 49.0 Å². The summed E-state index contributed by atoms with van der Waals surface area (Å²) in [5.74, 6) is -0.597. The minimum absolute atomic E-state index is 0.0892. The Labute approximate surface area is 222 Å². The number of carboxylic acid groups (broad SMARTS) is 1. The molecule has 204 valence electrons. The Balaban J connectivity index is 1.75. The number of piperidine rings is 1. The van der Waals surface area contributed by atoms with Crippen molar-refractivity contribution in [2.75, 3.05) is 23.7 Å². The number of nitrogens with one attached hydrogen (secondary N) is 2. The first kappa shape index (κ1) is 28.4. The van der Waals surface area contributed by atoms with Gasteiger partial charge in [0.2, 0.25) is 11.9 Å². The molecular weight excluding hydrogens is 488 g/mol. The molecule has 1 saturated heterocycles. The Kier molecular flexibility index (Phi) is 8.87. The van der Waals surface area contributed by atoms with E-state index in [9.17, 15) is 19.5 Å². The number of carbonyl (C=O) groups excluding carboxylic acids is 2. The molecule has 3 amide bonds. The Morgan fingerprint density at radius 3 is 2.53 bits per heavy atom. The van der Waals surface area contributed by atoms with Gasteiger partial charge in [-0.2, -0.15) is 4.98 Å². The summed E-state index contributed by atoms with van der Waals surface area (Å²) in [4.78, 5) is 43.3. The molecule has 2 aromatic rings. The molecule has 0 saturated carbocycles. The summed E-state index contributed by atoms with van der Waals surface area (Å²) in [6, 6.07) is 6.85. The molecule has 1 aliphatic heterocycles. The molecule has 12 heteroatoms. The minimum Gasteiger partial charge on any atom is -0.465 e. The maximum Gasteiger partial charge on any atom is 0.407 e. The number of likely N-dealkylation sites (tertiary alicyclic amines) is 1. The molecule has 1 fully saturated rings. The smallest absolute Gasteiger partial charge is 0.407 e. The average molecular weight is 525 g/mol. The number of amides is 3. The molecule has 0 bridgehead atoms. The van der Waals surface area contributed by atoms with Crippen LogP contribution in [0.15, 0.2) is 36.9 Å². The molecule has 12 nitrogen and oxygen atoms in total. The van der Waals surface area contributed by atoms with Gasteiger partial charge in [0, 0.05) is 37.4 Å². The molecule has 1 aromatic carbocycles. The van der Waals surface area contributed by atoms with Crippen molar-refractivity contribution in [1.29, 1.82) is 0 Å². The lowest BCUT2D eigenvalue weighted by Crippen LogP contribution is -2.44. The summed E-state index contributed by atoms with van der Waals surface area (Å²) >= 11 is 0. The highest BCUT2D eigenvalue weighted by molar-refractivity contribution is 5.96. The second-order valence-electron chi connectivity index (χ2n) is 10.4. The second-order valence-corrected chi connectivity index (χ2v) is 10.4. The largest absolute Gasteiger partial charge is 0.465 e. The molecule has 3 rings (SSSR count). The molecule has 1 unspecified atom stereocenters. The fourth-order valence-electron chi connectivity index (χ4n) is 4.11. The van der Waals surface area contributed by atoms with Gasteiger partial charge in [0.05, 0.1) is 0 Å². The third-order valence-electron chi connectivity index (χ3n) is 6.70. The molecule has 5 N–H and O–H groups in total. The fourth-order valence-corrected chi connectivity index (χ4v) is 4.11. The number of hydrogen-bond donors (Lipinski definition) is 4. The maximum absolute atomic E-state index is 12.0. The number of primary amides is 1. The summed E-state index contributed by atoms with van der Waals surface area (Å²) in [6.07, 6.45) is 1.94. The Hall–Kier alpha value is -4.22. The Morgan fingerprint density at radius 1 is 1.26 bits per heavy atom. The van der Waals surface area contributed by atoms with Crippen LogP contribution in [0.1, 0.15) is 56.6 Å². The van der Waals surface area contributed by atoms with Crippen LogP contribution < -0.4 is 16.4 Å². The van der Waals surface area contributed by atoms with Crippen LogP contribution >= 0.6 is 0 Å². The monoisotopic (exact) mass is 524 g/mol. The van der Waals surface area contributed by atoms with Gasteiger partial charge in [0.15, 0.2) is 11.5 Å². The van der Waals surface area contributed by atoms with Gasteiger partial charge in [-0.25, -0.2) is 4.79 Å². The van der Waals surface area contributed by atoms with Gasteiger partial charge in [0.25, 0.3) is 5.91 Å². The summed E-state index contributed by atoms with van der Waals surface area (Å²) < 4.78 is 0. The van der Waals surface area contributed by atoms with Crippen LogP contribution in [0, 0.1) is 5.41 Å². The predicted octanol–water partition coefficient (Wildman–Crippen LogP) is 3.22. The number of carbonyl (C=O) groups is 3. The zero-order valence-electron chi connectivity index (χ0n) is 22.3. The van der Waals surface area contributed by atoms with E-state index < -0.39 is 12.0 Å². The lowest BCUT2D eigenvalue weighted by molar-refractivity contribution is -0.127. The van der Waals surface area contributed by atoms with Crippen molar-refractivity contribution in [3.8, 4) is 0 Å². The SMILES string of the molecule is C=CC(=O)N1CCC[C@@H](Nc2nnc(C(N)=O)c(Nc3ccc(CN(C(=O)O)C(C)C(C)(C)C)cc3)n2)C1. The van der Waals surface area contributed by atoms with E-state index in [1.165, 1.54) is 11.0 Å². The number of aromatic nitrogens is 3. The van der Waals surface area contributed by atoms with E-state index in [1.807, 2.05) is 27.7 Å². The van der Waals surface area contributed by atoms with E-state index in [1.54, 1.807) is 29.2 Å². The van der Waals surface area contributed by atoms with Crippen LogP contribution in [0.4, 0.5) is 22.2 Å². The molecule has 38 heavy (non-hydrogen) atoms. The van der Waals surface area contributed by atoms with E-state index >= 15 is 0 Å². The standard InChI is InChI=1S/C26H36N8O4/c1-6-20(35)33-13-7-8-19(15-33)29-24-30-23(21(22(27)36)31-32-24)28-18-11-9-17(10-12-18)14-34(25(37)38)16(2)26(3,4)5/h6,9-12,16,19H,1,7-8,13-15H2,2-5H3,(H2,27,36)(H,37,38)(H2,28,29,30,32)/t16?,19-/m1/s1. The zero-order valence-corrected chi connectivity index (χ0v) is 22.3. The number of hydrogen-bond acceptors (Lipinski definition) is 8. The topological polar surface area (TPSA) is 167 Å². The lowest BCUT2D eigenvalue weighted by atomic mass is 9.87. The van der Waals surface area contributed by atoms with E-state index in [4.69, 9.17) is 5.73 Å². The first-order valence-corrected chi connectivity index (χ1v) is 12.5. The highest BCUT2D eigenvalue weighted by Crippen LogP contribution is 2.26. The van der Waals surface area contributed by atoms with Crippen molar-refractivity contribution in [2.45, 2.75) is 59.2 Å². The van der Waals surface area contributed by atoms with Crippen molar-refractivity contribution >= 4 is 35.4 Å².